The highest BCUT2D eigenvalue weighted by Gasteiger charge is 2.60. The Morgan fingerprint density at radius 1 is 0.971 bits per heavy atom. The Morgan fingerprint density at radius 3 is 2.20 bits per heavy atom. The molecule has 2 aliphatic rings. The summed E-state index contributed by atoms with van der Waals surface area (Å²) in [5.74, 6) is -0.474. The van der Waals surface area contributed by atoms with Gasteiger partial charge in [0.25, 0.3) is 0 Å². The van der Waals surface area contributed by atoms with Crippen LogP contribution in [0.15, 0.2) is 30.3 Å². The maximum absolute atomic E-state index is 13.3. The van der Waals surface area contributed by atoms with E-state index >= 15 is 0 Å². The molecule has 3 rings (SSSR count). The Labute approximate surface area is 209 Å². The molecule has 2 saturated heterocycles. The van der Waals surface area contributed by atoms with E-state index in [-0.39, 0.29) is 38.1 Å². The van der Waals surface area contributed by atoms with Crippen LogP contribution in [0.5, 0.6) is 0 Å². The predicted molar refractivity (Wildman–Crippen MR) is 133 cm³/mol. The van der Waals surface area contributed by atoms with Crippen LogP contribution in [0.2, 0.25) is 6.32 Å². The smallest absolute Gasteiger partial charge is 0.457 e. The highest BCUT2D eigenvalue weighted by Crippen LogP contribution is 2.41. The minimum atomic E-state index is -1.26. The highest BCUT2D eigenvalue weighted by molar-refractivity contribution is 6.45. The second kappa shape index (κ2) is 10.5. The number of hydrogen-bond donors (Lipinski definition) is 0. The SMILES string of the molecule is CCOC(=O)C1(CCCCB2OC(C)(C)C(C)(C)O2)COC(C)(C)N1C(=O)OCc1ccccc1. The molecule has 1 amide bonds. The van der Waals surface area contributed by atoms with Gasteiger partial charge < -0.3 is 23.5 Å². The van der Waals surface area contributed by atoms with Crippen molar-refractivity contribution in [1.82, 2.24) is 4.90 Å². The quantitative estimate of drug-likeness (QED) is 0.276. The molecule has 194 valence electrons. The van der Waals surface area contributed by atoms with Crippen molar-refractivity contribution in [2.75, 3.05) is 13.2 Å². The van der Waals surface area contributed by atoms with Crippen molar-refractivity contribution >= 4 is 19.2 Å². The average molecular weight is 489 g/mol. The number of ether oxygens (including phenoxy) is 3. The summed E-state index contributed by atoms with van der Waals surface area (Å²) in [6, 6.07) is 9.43. The molecule has 0 spiro atoms. The van der Waals surface area contributed by atoms with Gasteiger partial charge in [0.15, 0.2) is 5.54 Å². The third-order valence-corrected chi connectivity index (χ3v) is 7.26. The van der Waals surface area contributed by atoms with Crippen molar-refractivity contribution in [2.45, 2.75) is 103 Å². The van der Waals surface area contributed by atoms with Gasteiger partial charge in [0.2, 0.25) is 0 Å². The van der Waals surface area contributed by atoms with Crippen LogP contribution < -0.4 is 0 Å². The number of amides is 1. The molecule has 9 heteroatoms. The summed E-state index contributed by atoms with van der Waals surface area (Å²) in [6.07, 6.45) is 1.88. The van der Waals surface area contributed by atoms with E-state index in [0.29, 0.717) is 19.2 Å². The summed E-state index contributed by atoms with van der Waals surface area (Å²) < 4.78 is 29.2. The van der Waals surface area contributed by atoms with E-state index in [0.717, 1.165) is 12.0 Å². The van der Waals surface area contributed by atoms with Crippen molar-refractivity contribution in [3.05, 3.63) is 35.9 Å². The second-order valence-electron chi connectivity index (χ2n) is 10.8. The van der Waals surface area contributed by atoms with Gasteiger partial charge in [-0.3, -0.25) is 4.90 Å². The number of nitrogens with zero attached hydrogens (tertiary/aromatic N) is 1. The van der Waals surface area contributed by atoms with Gasteiger partial charge >= 0.3 is 19.2 Å². The van der Waals surface area contributed by atoms with Gasteiger partial charge in [0.05, 0.1) is 24.4 Å². The van der Waals surface area contributed by atoms with Gasteiger partial charge in [-0.15, -0.1) is 0 Å². The van der Waals surface area contributed by atoms with Crippen molar-refractivity contribution in [3.8, 4) is 0 Å². The predicted octanol–water partition coefficient (Wildman–Crippen LogP) is 4.96. The molecule has 1 unspecified atom stereocenters. The maximum Gasteiger partial charge on any atom is 0.457 e. The first kappa shape index (κ1) is 27.5. The van der Waals surface area contributed by atoms with Crippen LogP contribution in [0.1, 0.15) is 73.3 Å². The Bertz CT molecular complexity index is 873. The molecule has 0 aromatic heterocycles. The molecule has 1 aromatic carbocycles. The lowest BCUT2D eigenvalue weighted by atomic mass is 9.80. The zero-order chi connectivity index (χ0) is 25.9. The number of hydrogen-bond acceptors (Lipinski definition) is 7. The molecular weight excluding hydrogens is 449 g/mol. The van der Waals surface area contributed by atoms with E-state index in [1.54, 1.807) is 20.8 Å². The zero-order valence-electron chi connectivity index (χ0n) is 22.2. The number of carbonyl (C=O) groups is 2. The summed E-state index contributed by atoms with van der Waals surface area (Å²) in [6.45, 7) is 13.8. The van der Waals surface area contributed by atoms with Crippen LogP contribution in [-0.4, -0.2) is 59.8 Å². The monoisotopic (exact) mass is 489 g/mol. The third-order valence-electron chi connectivity index (χ3n) is 7.26. The van der Waals surface area contributed by atoms with Gasteiger partial charge in [0, 0.05) is 0 Å². The van der Waals surface area contributed by atoms with Crippen LogP contribution in [0, 0.1) is 0 Å². The molecule has 2 fully saturated rings. The van der Waals surface area contributed by atoms with E-state index in [2.05, 4.69) is 0 Å². The topological polar surface area (TPSA) is 83.5 Å². The average Bonchev–Trinajstić information content (AvgIpc) is 3.18. The fourth-order valence-electron chi connectivity index (χ4n) is 4.63. The highest BCUT2D eigenvalue weighted by atomic mass is 16.7. The van der Waals surface area contributed by atoms with Crippen LogP contribution >= 0.6 is 0 Å². The Hall–Kier alpha value is -2.10. The first-order valence-corrected chi connectivity index (χ1v) is 12.5. The molecule has 1 atom stereocenters. The van der Waals surface area contributed by atoms with Crippen LogP contribution in [0.3, 0.4) is 0 Å². The minimum Gasteiger partial charge on any atom is -0.464 e. The van der Waals surface area contributed by atoms with E-state index < -0.39 is 23.3 Å². The molecule has 2 heterocycles. The van der Waals surface area contributed by atoms with Crippen LogP contribution in [-0.2, 0) is 34.9 Å². The summed E-state index contributed by atoms with van der Waals surface area (Å²) in [5, 5.41) is 0. The van der Waals surface area contributed by atoms with Gasteiger partial charge in [-0.05, 0) is 66.8 Å². The van der Waals surface area contributed by atoms with E-state index in [1.807, 2.05) is 58.0 Å². The zero-order valence-corrected chi connectivity index (χ0v) is 22.2. The molecule has 0 saturated carbocycles. The number of carbonyl (C=O) groups excluding carboxylic acids is 2. The molecule has 0 bridgehead atoms. The van der Waals surface area contributed by atoms with Gasteiger partial charge in [-0.1, -0.05) is 43.2 Å². The van der Waals surface area contributed by atoms with E-state index in [9.17, 15) is 9.59 Å². The first-order chi connectivity index (χ1) is 16.3. The summed E-state index contributed by atoms with van der Waals surface area (Å²) >= 11 is 0. The number of esters is 1. The van der Waals surface area contributed by atoms with Crippen LogP contribution in [0.4, 0.5) is 4.79 Å². The van der Waals surface area contributed by atoms with E-state index in [4.69, 9.17) is 23.5 Å². The fraction of sp³-hybridized carbons (Fsp3) is 0.692. The number of unbranched alkanes of at least 4 members (excludes halogenated alkanes) is 1. The van der Waals surface area contributed by atoms with Gasteiger partial charge in [-0.2, -0.15) is 0 Å². The molecule has 2 aliphatic heterocycles. The third kappa shape index (κ3) is 5.84. The number of benzene rings is 1. The number of rotatable bonds is 9. The Balaban J connectivity index is 1.70. The standard InChI is InChI=1S/C26H40BNO7/c1-8-31-21(29)26(16-12-13-17-27-34-23(2,3)24(4,5)35-27)19-33-25(6,7)28(26)22(30)32-18-20-14-10-9-11-15-20/h9-11,14-15H,8,12-13,16-19H2,1-7H3. The van der Waals surface area contributed by atoms with Gasteiger partial charge in [0.1, 0.15) is 12.3 Å². The van der Waals surface area contributed by atoms with Crippen molar-refractivity contribution in [1.29, 1.82) is 0 Å². The summed E-state index contributed by atoms with van der Waals surface area (Å²) in [7, 11) is -0.304. The molecule has 0 N–H and O–H groups in total. The Morgan fingerprint density at radius 2 is 1.60 bits per heavy atom. The normalized spacial score (nSPS) is 24.4. The maximum atomic E-state index is 13.3. The molecule has 0 aliphatic carbocycles. The molecule has 0 radical (unpaired) electrons. The molecule has 1 aromatic rings. The minimum absolute atomic E-state index is 0.0514. The molecule has 35 heavy (non-hydrogen) atoms. The van der Waals surface area contributed by atoms with Crippen molar-refractivity contribution in [3.63, 3.8) is 0 Å². The molecule has 8 nitrogen and oxygen atoms in total. The lowest BCUT2D eigenvalue weighted by Crippen LogP contribution is -2.60. The second-order valence-corrected chi connectivity index (χ2v) is 10.8. The fourth-order valence-corrected chi connectivity index (χ4v) is 4.63. The molecular formula is C26H40BNO7. The summed E-state index contributed by atoms with van der Waals surface area (Å²) in [4.78, 5) is 28.0. The largest absolute Gasteiger partial charge is 0.464 e. The first-order valence-electron chi connectivity index (χ1n) is 12.5. The van der Waals surface area contributed by atoms with Crippen molar-refractivity contribution in [2.24, 2.45) is 0 Å². The van der Waals surface area contributed by atoms with E-state index in [1.165, 1.54) is 4.90 Å². The lowest BCUT2D eigenvalue weighted by Gasteiger charge is -2.39. The Kier molecular flexibility index (Phi) is 8.24. The van der Waals surface area contributed by atoms with Gasteiger partial charge in [-0.25, -0.2) is 9.59 Å². The summed E-state index contributed by atoms with van der Waals surface area (Å²) in [5.41, 5.74) is -2.18. The lowest BCUT2D eigenvalue weighted by molar-refractivity contribution is -0.157. The van der Waals surface area contributed by atoms with Crippen LogP contribution in [0.25, 0.3) is 0 Å². The van der Waals surface area contributed by atoms with Crippen molar-refractivity contribution < 1.29 is 33.1 Å².